The van der Waals surface area contributed by atoms with E-state index in [4.69, 9.17) is 16.6 Å². The summed E-state index contributed by atoms with van der Waals surface area (Å²) >= 11 is 7.32. The number of aromatic nitrogens is 1. The summed E-state index contributed by atoms with van der Waals surface area (Å²) in [7, 11) is 0. The molecule has 0 bridgehead atoms. The van der Waals surface area contributed by atoms with Crippen LogP contribution in [0.2, 0.25) is 0 Å². The molecule has 208 valence electrons. The lowest BCUT2D eigenvalue weighted by Crippen LogP contribution is -2.29. The zero-order chi connectivity index (χ0) is 29.2. The van der Waals surface area contributed by atoms with Gasteiger partial charge in [-0.1, -0.05) is 30.0 Å². The van der Waals surface area contributed by atoms with Crippen LogP contribution in [-0.2, 0) is 0 Å². The van der Waals surface area contributed by atoms with Crippen LogP contribution in [0.5, 0.6) is 0 Å². The van der Waals surface area contributed by atoms with Crippen molar-refractivity contribution in [2.24, 2.45) is 0 Å². The third kappa shape index (κ3) is 5.47. The average molecular weight is 595 g/mol. The molecule has 11 heteroatoms. The van der Waals surface area contributed by atoms with Crippen LogP contribution < -0.4 is 10.2 Å². The van der Waals surface area contributed by atoms with Gasteiger partial charge in [0.05, 0.1) is 22.2 Å². The van der Waals surface area contributed by atoms with Crippen LogP contribution in [0.3, 0.4) is 0 Å². The Hall–Kier alpha value is -5.00. The molecule has 0 spiro atoms. The number of anilines is 1. The molecule has 3 heterocycles. The maximum atomic E-state index is 11.3. The molecule has 1 fully saturated rings. The number of carbonyl (C=O) groups is 1. The highest BCUT2D eigenvalue weighted by molar-refractivity contribution is 7.99. The summed E-state index contributed by atoms with van der Waals surface area (Å²) in [5.41, 5.74) is 2.67. The maximum absolute atomic E-state index is 11.3. The predicted molar refractivity (Wildman–Crippen MR) is 163 cm³/mol. The summed E-state index contributed by atoms with van der Waals surface area (Å²) in [5, 5.41) is 24.1. The molecule has 9 nitrogen and oxygen atoms in total. The number of pyridine rings is 1. The zero-order valence-corrected chi connectivity index (χ0v) is 23.4. The van der Waals surface area contributed by atoms with Crippen LogP contribution >= 0.6 is 24.0 Å². The van der Waals surface area contributed by atoms with Crippen LogP contribution in [0, 0.1) is 10.1 Å². The van der Waals surface area contributed by atoms with Gasteiger partial charge in [0.1, 0.15) is 17.6 Å². The molecule has 3 aromatic carbocycles. The number of non-ortho nitro benzene ring substituents is 1. The van der Waals surface area contributed by atoms with Crippen molar-refractivity contribution in [2.75, 3.05) is 4.90 Å². The standard InChI is InChI=1S/C31H22N4O5S2/c36-30(37)20-6-4-19(5-7-20)26-16-17-27(40-26)29-28(25-3-1-2-18-32-25)33-31(41)34(29)21-8-12-23(13-9-21)42-24-14-10-22(11-15-24)35(38)39/h1-18,28-29H,(H,33,41)(H,36,37)/t28-,29-/m0/s1. The Bertz CT molecular complexity index is 1760. The molecule has 0 unspecified atom stereocenters. The lowest BCUT2D eigenvalue weighted by molar-refractivity contribution is -0.384. The highest BCUT2D eigenvalue weighted by Crippen LogP contribution is 2.43. The Morgan fingerprint density at radius 2 is 1.64 bits per heavy atom. The minimum Gasteiger partial charge on any atom is -0.478 e. The van der Waals surface area contributed by atoms with E-state index in [0.29, 0.717) is 16.6 Å². The van der Waals surface area contributed by atoms with Crippen molar-refractivity contribution in [1.29, 1.82) is 0 Å². The van der Waals surface area contributed by atoms with Crippen LogP contribution in [0.15, 0.2) is 124 Å². The molecule has 1 aliphatic rings. The van der Waals surface area contributed by atoms with E-state index < -0.39 is 10.9 Å². The summed E-state index contributed by atoms with van der Waals surface area (Å²) in [5.74, 6) is 0.284. The van der Waals surface area contributed by atoms with Gasteiger partial charge in [0.15, 0.2) is 5.11 Å². The van der Waals surface area contributed by atoms with E-state index in [-0.39, 0.29) is 23.3 Å². The van der Waals surface area contributed by atoms with E-state index in [9.17, 15) is 20.0 Å². The maximum Gasteiger partial charge on any atom is 0.335 e. The second kappa shape index (κ2) is 11.5. The van der Waals surface area contributed by atoms with Crippen LogP contribution in [0.25, 0.3) is 11.3 Å². The quantitative estimate of drug-likeness (QED) is 0.108. The lowest BCUT2D eigenvalue weighted by Gasteiger charge is -2.26. The van der Waals surface area contributed by atoms with Gasteiger partial charge in [-0.25, -0.2) is 4.79 Å². The van der Waals surface area contributed by atoms with E-state index in [2.05, 4.69) is 10.3 Å². The van der Waals surface area contributed by atoms with E-state index >= 15 is 0 Å². The summed E-state index contributed by atoms with van der Waals surface area (Å²) < 4.78 is 6.37. The average Bonchev–Trinajstić information content (AvgIpc) is 3.63. The molecule has 1 saturated heterocycles. The number of thiocarbonyl (C=S) groups is 1. The van der Waals surface area contributed by atoms with Crippen LogP contribution in [0.4, 0.5) is 11.4 Å². The molecular weight excluding hydrogens is 572 g/mol. The molecular formula is C31H22N4O5S2. The molecule has 0 amide bonds. The van der Waals surface area contributed by atoms with Gasteiger partial charge in [-0.3, -0.25) is 15.1 Å². The first-order chi connectivity index (χ1) is 20.4. The minimum atomic E-state index is -0.988. The number of hydrogen-bond acceptors (Lipinski definition) is 7. The second-order valence-electron chi connectivity index (χ2n) is 9.43. The Morgan fingerprint density at radius 1 is 0.952 bits per heavy atom. The smallest absolute Gasteiger partial charge is 0.335 e. The zero-order valence-electron chi connectivity index (χ0n) is 21.8. The van der Waals surface area contributed by atoms with Crippen LogP contribution in [-0.4, -0.2) is 26.1 Å². The van der Waals surface area contributed by atoms with Gasteiger partial charge in [-0.05, 0) is 85.0 Å². The van der Waals surface area contributed by atoms with Crippen molar-refractivity contribution in [3.8, 4) is 11.3 Å². The van der Waals surface area contributed by atoms with Gasteiger partial charge in [0.25, 0.3) is 5.69 Å². The molecule has 0 aliphatic carbocycles. The van der Waals surface area contributed by atoms with Gasteiger partial charge < -0.3 is 19.7 Å². The minimum absolute atomic E-state index is 0.0524. The van der Waals surface area contributed by atoms with Crippen molar-refractivity contribution in [3.63, 3.8) is 0 Å². The Balaban J connectivity index is 1.31. The van der Waals surface area contributed by atoms with E-state index in [1.807, 2.05) is 59.5 Å². The second-order valence-corrected chi connectivity index (χ2v) is 11.0. The molecule has 1 aliphatic heterocycles. The van der Waals surface area contributed by atoms with E-state index in [1.54, 1.807) is 42.6 Å². The first-order valence-corrected chi connectivity index (χ1v) is 14.1. The number of hydrogen-bond donors (Lipinski definition) is 2. The largest absolute Gasteiger partial charge is 0.478 e. The highest BCUT2D eigenvalue weighted by Gasteiger charge is 2.42. The SMILES string of the molecule is O=C(O)c1ccc(-c2ccc([C@H]3[C@H](c4ccccn4)NC(=S)N3c3ccc(Sc4ccc([N+](=O)[O-])cc4)cc3)o2)cc1. The number of rotatable bonds is 8. The Morgan fingerprint density at radius 3 is 2.26 bits per heavy atom. The number of nitro benzene ring substituents is 1. The first kappa shape index (κ1) is 27.2. The fourth-order valence-corrected chi connectivity index (χ4v) is 5.98. The summed E-state index contributed by atoms with van der Waals surface area (Å²) in [4.78, 5) is 30.2. The summed E-state index contributed by atoms with van der Waals surface area (Å²) in [6.45, 7) is 0. The topological polar surface area (TPSA) is 122 Å². The van der Waals surface area contributed by atoms with Crippen LogP contribution in [0.1, 0.15) is 33.9 Å². The van der Waals surface area contributed by atoms with Gasteiger partial charge in [0, 0.05) is 39.4 Å². The number of carboxylic acids is 1. The molecule has 42 heavy (non-hydrogen) atoms. The molecule has 2 aromatic heterocycles. The van der Waals surface area contributed by atoms with Crippen molar-refractivity contribution in [1.82, 2.24) is 10.3 Å². The molecule has 6 rings (SSSR count). The molecule has 0 radical (unpaired) electrons. The third-order valence-electron chi connectivity index (χ3n) is 6.83. The van der Waals surface area contributed by atoms with E-state index in [0.717, 1.165) is 26.7 Å². The summed E-state index contributed by atoms with van der Waals surface area (Å²) in [6, 6.07) is 29.7. The summed E-state index contributed by atoms with van der Waals surface area (Å²) in [6.07, 6.45) is 1.74. The lowest BCUT2D eigenvalue weighted by atomic mass is 10.0. The van der Waals surface area contributed by atoms with Gasteiger partial charge in [-0.2, -0.15) is 0 Å². The number of nitro groups is 1. The predicted octanol–water partition coefficient (Wildman–Crippen LogP) is 7.28. The molecule has 2 N–H and O–H groups in total. The van der Waals surface area contributed by atoms with Gasteiger partial charge in [0.2, 0.25) is 0 Å². The number of carboxylic acid groups (broad SMARTS) is 1. The number of nitrogens with zero attached hydrogens (tertiary/aromatic N) is 3. The molecule has 5 aromatic rings. The van der Waals surface area contributed by atoms with Crippen molar-refractivity contribution in [3.05, 3.63) is 136 Å². The molecule has 2 atom stereocenters. The number of furan rings is 1. The van der Waals surface area contributed by atoms with Crippen molar-refractivity contribution >= 4 is 46.4 Å². The third-order valence-corrected chi connectivity index (χ3v) is 8.16. The monoisotopic (exact) mass is 594 g/mol. The fraction of sp³-hybridized carbons (Fsp3) is 0.0645. The number of benzene rings is 3. The normalized spacial score (nSPS) is 16.3. The molecule has 0 saturated carbocycles. The highest BCUT2D eigenvalue weighted by atomic mass is 32.2. The van der Waals surface area contributed by atoms with Crippen molar-refractivity contribution in [2.45, 2.75) is 21.9 Å². The Kier molecular flexibility index (Phi) is 7.43. The van der Waals surface area contributed by atoms with E-state index in [1.165, 1.54) is 23.9 Å². The van der Waals surface area contributed by atoms with Gasteiger partial charge in [-0.15, -0.1) is 0 Å². The first-order valence-electron chi connectivity index (χ1n) is 12.8. The number of aromatic carboxylic acids is 1. The van der Waals surface area contributed by atoms with Crippen molar-refractivity contribution < 1.29 is 19.2 Å². The number of nitrogens with one attached hydrogen (secondary N) is 1. The Labute approximate surface area is 250 Å². The fourth-order valence-electron chi connectivity index (χ4n) is 4.81. The van der Waals surface area contributed by atoms with Gasteiger partial charge >= 0.3 is 5.97 Å².